The lowest BCUT2D eigenvalue weighted by atomic mass is 10.1. The van der Waals surface area contributed by atoms with Crippen LogP contribution in [0.4, 0.5) is 11.5 Å². The van der Waals surface area contributed by atoms with E-state index in [1.807, 2.05) is 67.7 Å². The number of para-hydroxylation sites is 1. The molecule has 0 saturated heterocycles. The minimum absolute atomic E-state index is 0.468. The lowest BCUT2D eigenvalue weighted by Gasteiger charge is -2.13. The molecule has 0 amide bonds. The van der Waals surface area contributed by atoms with Gasteiger partial charge < -0.3 is 10.6 Å². The Bertz CT molecular complexity index is 1320. The number of aromatic amines is 1. The predicted octanol–water partition coefficient (Wildman–Crippen LogP) is 6.31. The summed E-state index contributed by atoms with van der Waals surface area (Å²) in [5.41, 5.74) is 4.93. The number of nitrogens with zero attached hydrogens (tertiary/aromatic N) is 3. The fourth-order valence-electron chi connectivity index (χ4n) is 3.34. The van der Waals surface area contributed by atoms with E-state index in [0.29, 0.717) is 29.5 Å². The summed E-state index contributed by atoms with van der Waals surface area (Å²) in [7, 11) is 0. The Labute approximate surface area is 196 Å². The number of rotatable bonds is 8. The van der Waals surface area contributed by atoms with E-state index in [9.17, 15) is 0 Å². The Morgan fingerprint density at radius 3 is 2.75 bits per heavy atom. The van der Waals surface area contributed by atoms with Crippen LogP contribution in [0.15, 0.2) is 77.5 Å². The van der Waals surface area contributed by atoms with E-state index in [1.54, 1.807) is 6.08 Å². The average molecular weight is 465 g/mol. The molecule has 0 unspecified atom stereocenters. The zero-order chi connectivity index (χ0) is 22.3. The number of hydrogen-bond donors (Lipinski definition) is 3. The minimum Gasteiger partial charge on any atom is -0.383 e. The number of halogens is 2. The van der Waals surface area contributed by atoms with Crippen molar-refractivity contribution in [2.24, 2.45) is 0 Å². The highest BCUT2D eigenvalue weighted by atomic mass is 35.5. The first-order valence-corrected chi connectivity index (χ1v) is 11.0. The molecule has 4 aromatic rings. The molecule has 0 aliphatic carbocycles. The molecule has 0 radical (unpaired) electrons. The molecule has 0 fully saturated rings. The summed E-state index contributed by atoms with van der Waals surface area (Å²) in [6.07, 6.45) is 7.20. The maximum absolute atomic E-state index is 6.43. The van der Waals surface area contributed by atoms with E-state index in [1.165, 1.54) is 5.54 Å². The number of nitrogens with one attached hydrogen (secondary N) is 3. The lowest BCUT2D eigenvalue weighted by molar-refractivity contribution is 1.05. The SMILES string of the molecule is C\C=C/C(=C(Cl)\C=C\Cl)c1nc(NCCNc2ccc3cn[nH]c3c2)c2ccccc2n1. The second-order valence-electron chi connectivity index (χ2n) is 6.99. The standard InChI is InChI=1S/C24H22Cl2N6/c1-2-5-18(20(26)10-11-25)24-30-21-7-4-3-6-19(21)23(31-24)28-13-12-27-17-9-8-16-15-29-32-22(16)14-17/h2-11,14-15,27H,12-13H2,1H3,(H,29,32)(H,28,30,31)/b5-2-,11-10+,20-18-. The third-order valence-electron chi connectivity index (χ3n) is 4.83. The van der Waals surface area contributed by atoms with Crippen LogP contribution >= 0.6 is 23.2 Å². The van der Waals surface area contributed by atoms with Gasteiger partial charge in [-0.2, -0.15) is 5.10 Å². The summed E-state index contributed by atoms with van der Waals surface area (Å²) in [5.74, 6) is 1.28. The molecule has 162 valence electrons. The summed E-state index contributed by atoms with van der Waals surface area (Å²) < 4.78 is 0. The molecule has 0 saturated carbocycles. The summed E-state index contributed by atoms with van der Waals surface area (Å²) in [4.78, 5) is 9.48. The van der Waals surface area contributed by atoms with Crippen molar-refractivity contribution in [2.75, 3.05) is 23.7 Å². The quantitative estimate of drug-likeness (QED) is 0.210. The molecular weight excluding hydrogens is 443 g/mol. The second kappa shape index (κ2) is 10.3. The third kappa shape index (κ3) is 4.93. The highest BCUT2D eigenvalue weighted by Gasteiger charge is 2.12. The molecule has 0 aliphatic rings. The number of H-pyrrole nitrogens is 1. The molecule has 2 aromatic heterocycles. The molecule has 32 heavy (non-hydrogen) atoms. The van der Waals surface area contributed by atoms with Gasteiger partial charge in [-0.1, -0.05) is 47.5 Å². The Morgan fingerprint density at radius 2 is 1.91 bits per heavy atom. The van der Waals surface area contributed by atoms with E-state index in [4.69, 9.17) is 33.2 Å². The topological polar surface area (TPSA) is 78.5 Å². The van der Waals surface area contributed by atoms with Crippen molar-refractivity contribution in [1.82, 2.24) is 20.2 Å². The fourth-order valence-corrected chi connectivity index (χ4v) is 3.74. The van der Waals surface area contributed by atoms with Crippen molar-refractivity contribution in [3.63, 3.8) is 0 Å². The van der Waals surface area contributed by atoms with Crippen LogP contribution in [-0.2, 0) is 0 Å². The van der Waals surface area contributed by atoms with E-state index in [-0.39, 0.29) is 0 Å². The number of anilines is 2. The third-order valence-corrected chi connectivity index (χ3v) is 5.29. The Hall–Kier alpha value is -3.35. The summed E-state index contributed by atoms with van der Waals surface area (Å²) >= 11 is 12.2. The largest absolute Gasteiger partial charge is 0.383 e. The highest BCUT2D eigenvalue weighted by molar-refractivity contribution is 6.36. The predicted molar refractivity (Wildman–Crippen MR) is 135 cm³/mol. The normalized spacial score (nSPS) is 12.7. The van der Waals surface area contributed by atoms with Crippen molar-refractivity contribution in [3.05, 3.63) is 83.3 Å². The van der Waals surface area contributed by atoms with Gasteiger partial charge in [-0.25, -0.2) is 9.97 Å². The van der Waals surface area contributed by atoms with Crippen LogP contribution in [0.3, 0.4) is 0 Å². The maximum Gasteiger partial charge on any atom is 0.163 e. The molecule has 4 rings (SSSR count). The first-order chi connectivity index (χ1) is 15.7. The average Bonchev–Trinajstić information content (AvgIpc) is 3.28. The minimum atomic E-state index is 0.468. The molecule has 2 aromatic carbocycles. The van der Waals surface area contributed by atoms with Gasteiger partial charge in [-0.15, -0.1) is 0 Å². The van der Waals surface area contributed by atoms with Crippen LogP contribution in [0.5, 0.6) is 0 Å². The zero-order valence-corrected chi connectivity index (χ0v) is 19.0. The van der Waals surface area contributed by atoms with Gasteiger partial charge in [0.15, 0.2) is 5.82 Å². The molecule has 6 nitrogen and oxygen atoms in total. The molecule has 2 heterocycles. The van der Waals surface area contributed by atoms with Crippen LogP contribution in [0.1, 0.15) is 12.7 Å². The molecule has 0 atom stereocenters. The van der Waals surface area contributed by atoms with E-state index in [2.05, 4.69) is 20.8 Å². The van der Waals surface area contributed by atoms with Crippen LogP contribution in [0.2, 0.25) is 0 Å². The molecule has 0 aliphatic heterocycles. The van der Waals surface area contributed by atoms with E-state index in [0.717, 1.165) is 33.3 Å². The number of hydrogen-bond acceptors (Lipinski definition) is 5. The molecule has 0 spiro atoms. The summed E-state index contributed by atoms with van der Waals surface area (Å²) in [6, 6.07) is 14.0. The van der Waals surface area contributed by atoms with Crippen LogP contribution < -0.4 is 10.6 Å². The Kier molecular flexibility index (Phi) is 7.04. The Morgan fingerprint density at radius 1 is 1.06 bits per heavy atom. The smallest absolute Gasteiger partial charge is 0.163 e. The lowest BCUT2D eigenvalue weighted by Crippen LogP contribution is -2.15. The van der Waals surface area contributed by atoms with E-state index >= 15 is 0 Å². The van der Waals surface area contributed by atoms with Gasteiger partial charge >= 0.3 is 0 Å². The second-order valence-corrected chi connectivity index (χ2v) is 7.65. The monoisotopic (exact) mass is 464 g/mol. The summed E-state index contributed by atoms with van der Waals surface area (Å²) in [6.45, 7) is 3.29. The van der Waals surface area contributed by atoms with Crippen molar-refractivity contribution >= 4 is 62.1 Å². The first kappa shape index (κ1) is 21.9. The van der Waals surface area contributed by atoms with Gasteiger partial charge in [0.2, 0.25) is 0 Å². The number of benzene rings is 2. The van der Waals surface area contributed by atoms with Crippen molar-refractivity contribution in [3.8, 4) is 0 Å². The molecule has 8 heteroatoms. The first-order valence-electron chi connectivity index (χ1n) is 10.2. The van der Waals surface area contributed by atoms with Crippen LogP contribution in [-0.4, -0.2) is 33.3 Å². The fraction of sp³-hybridized carbons (Fsp3) is 0.125. The van der Waals surface area contributed by atoms with Gasteiger partial charge in [0.05, 0.1) is 22.3 Å². The number of fused-ring (bicyclic) bond motifs is 2. The molecular formula is C24H22Cl2N6. The van der Waals surface area contributed by atoms with Crippen LogP contribution in [0, 0.1) is 0 Å². The number of allylic oxidation sites excluding steroid dienone is 5. The Balaban J connectivity index is 1.56. The van der Waals surface area contributed by atoms with Crippen molar-refractivity contribution in [2.45, 2.75) is 6.92 Å². The van der Waals surface area contributed by atoms with E-state index < -0.39 is 0 Å². The van der Waals surface area contributed by atoms with Gasteiger partial charge in [-0.3, -0.25) is 5.10 Å². The zero-order valence-electron chi connectivity index (χ0n) is 17.4. The molecule has 0 bridgehead atoms. The van der Waals surface area contributed by atoms with Crippen molar-refractivity contribution in [1.29, 1.82) is 0 Å². The van der Waals surface area contributed by atoms with Crippen LogP contribution in [0.25, 0.3) is 27.4 Å². The summed E-state index contributed by atoms with van der Waals surface area (Å²) in [5, 5.41) is 16.4. The molecule has 3 N–H and O–H groups in total. The van der Waals surface area contributed by atoms with Gasteiger partial charge in [0.1, 0.15) is 5.82 Å². The highest BCUT2D eigenvalue weighted by Crippen LogP contribution is 2.27. The van der Waals surface area contributed by atoms with Crippen molar-refractivity contribution < 1.29 is 0 Å². The van der Waals surface area contributed by atoms with Gasteiger partial charge in [0.25, 0.3) is 0 Å². The van der Waals surface area contributed by atoms with Gasteiger partial charge in [-0.05, 0) is 43.3 Å². The number of aromatic nitrogens is 4. The van der Waals surface area contributed by atoms with Gasteiger partial charge in [0, 0.05) is 40.7 Å². The maximum atomic E-state index is 6.43.